The number of ether oxygens (including phenoxy) is 2. The summed E-state index contributed by atoms with van der Waals surface area (Å²) < 4.78 is 24.8. The molecule has 0 heterocycles. The van der Waals surface area contributed by atoms with Crippen molar-refractivity contribution in [2.75, 3.05) is 20.8 Å². The molecule has 0 saturated heterocycles. The van der Waals surface area contributed by atoms with E-state index >= 15 is 0 Å². The largest absolute Gasteiger partial charge is 0.493 e. The van der Waals surface area contributed by atoms with Gasteiger partial charge in [0.1, 0.15) is 5.82 Å². The highest BCUT2D eigenvalue weighted by Crippen LogP contribution is 2.34. The third-order valence-electron chi connectivity index (χ3n) is 3.62. The third kappa shape index (κ3) is 5.20. The molecule has 21 heavy (non-hydrogen) atoms. The Morgan fingerprint density at radius 1 is 1.05 bits per heavy atom. The van der Waals surface area contributed by atoms with Crippen LogP contribution in [0.15, 0.2) is 12.1 Å². The molecule has 0 spiro atoms. The minimum atomic E-state index is -0.238. The molecule has 0 aliphatic rings. The molecule has 3 nitrogen and oxygen atoms in total. The van der Waals surface area contributed by atoms with Gasteiger partial charge < -0.3 is 14.8 Å². The van der Waals surface area contributed by atoms with Crippen LogP contribution in [0.1, 0.15) is 57.6 Å². The molecule has 0 amide bonds. The first-order valence-electron chi connectivity index (χ1n) is 7.82. The average molecular weight is 297 g/mol. The van der Waals surface area contributed by atoms with Gasteiger partial charge in [0.25, 0.3) is 0 Å². The number of nitrogens with one attached hydrogen (secondary N) is 1. The molecule has 120 valence electrons. The molecule has 0 aliphatic heterocycles. The monoisotopic (exact) mass is 297 g/mol. The van der Waals surface area contributed by atoms with Crippen LogP contribution in [0.2, 0.25) is 0 Å². The number of hydrogen-bond acceptors (Lipinski definition) is 3. The van der Waals surface area contributed by atoms with Crippen molar-refractivity contribution in [1.82, 2.24) is 5.32 Å². The zero-order valence-electron chi connectivity index (χ0n) is 13.7. The van der Waals surface area contributed by atoms with E-state index in [2.05, 4.69) is 19.2 Å². The lowest BCUT2D eigenvalue weighted by molar-refractivity contribution is 0.349. The van der Waals surface area contributed by atoms with E-state index in [1.54, 1.807) is 13.2 Å². The van der Waals surface area contributed by atoms with E-state index < -0.39 is 0 Å². The second kappa shape index (κ2) is 9.61. The van der Waals surface area contributed by atoms with E-state index in [0.717, 1.165) is 32.2 Å². The molecule has 0 aliphatic carbocycles. The number of methoxy groups -OCH3 is 2. The minimum Gasteiger partial charge on any atom is -0.493 e. The predicted molar refractivity (Wildman–Crippen MR) is 84.7 cm³/mol. The molecule has 0 fully saturated rings. The molecule has 4 heteroatoms. The molecular weight excluding hydrogens is 269 g/mol. The van der Waals surface area contributed by atoms with Crippen LogP contribution in [0.3, 0.4) is 0 Å². The van der Waals surface area contributed by atoms with Gasteiger partial charge in [0.2, 0.25) is 0 Å². The first kappa shape index (κ1) is 17.8. The molecule has 0 aromatic heterocycles. The predicted octanol–water partition coefficient (Wildman–Crippen LogP) is 4.46. The summed E-state index contributed by atoms with van der Waals surface area (Å²) in [6.45, 7) is 5.16. The first-order valence-corrected chi connectivity index (χ1v) is 7.82. The van der Waals surface area contributed by atoms with Crippen LogP contribution in [0.25, 0.3) is 0 Å². The van der Waals surface area contributed by atoms with E-state index in [9.17, 15) is 4.39 Å². The fourth-order valence-electron chi connectivity index (χ4n) is 2.42. The summed E-state index contributed by atoms with van der Waals surface area (Å²) in [6.07, 6.45) is 5.37. The van der Waals surface area contributed by atoms with Crippen LogP contribution < -0.4 is 14.8 Å². The van der Waals surface area contributed by atoms with Crippen LogP contribution in [0.5, 0.6) is 11.5 Å². The molecule has 1 aromatic rings. The summed E-state index contributed by atoms with van der Waals surface area (Å²) in [5, 5.41) is 3.44. The smallest absolute Gasteiger partial charge is 0.163 e. The number of hydrogen-bond donors (Lipinski definition) is 1. The second-order valence-electron chi connectivity index (χ2n) is 5.23. The lowest BCUT2D eigenvalue weighted by Crippen LogP contribution is -2.23. The molecule has 1 N–H and O–H groups in total. The fourth-order valence-corrected chi connectivity index (χ4v) is 2.42. The lowest BCUT2D eigenvalue weighted by Gasteiger charge is -2.21. The van der Waals surface area contributed by atoms with Crippen molar-refractivity contribution in [1.29, 1.82) is 0 Å². The topological polar surface area (TPSA) is 30.5 Å². The summed E-state index contributed by atoms with van der Waals surface area (Å²) in [5.74, 6) is 0.770. The summed E-state index contributed by atoms with van der Waals surface area (Å²) >= 11 is 0. The fraction of sp³-hybridized carbons (Fsp3) is 0.647. The van der Waals surface area contributed by atoms with Crippen molar-refractivity contribution in [3.63, 3.8) is 0 Å². The molecular formula is C17H28FNO2. The van der Waals surface area contributed by atoms with E-state index in [1.807, 2.05) is 0 Å². The van der Waals surface area contributed by atoms with Crippen molar-refractivity contribution < 1.29 is 13.9 Å². The maximum Gasteiger partial charge on any atom is 0.163 e. The molecule has 0 bridgehead atoms. The van der Waals surface area contributed by atoms with Gasteiger partial charge >= 0.3 is 0 Å². The van der Waals surface area contributed by atoms with Gasteiger partial charge in [0, 0.05) is 17.7 Å². The Kier molecular flexibility index (Phi) is 8.13. The standard InChI is InChI=1S/C17H28FNO2/c1-5-7-8-9-15(19-10-6-2)13-11-16(20-3)17(21-4)12-14(13)18/h11-12,15,19H,5-10H2,1-4H3. The number of halogens is 1. The van der Waals surface area contributed by atoms with Crippen molar-refractivity contribution in [3.05, 3.63) is 23.5 Å². The molecule has 0 saturated carbocycles. The molecule has 1 atom stereocenters. The van der Waals surface area contributed by atoms with Crippen molar-refractivity contribution in [3.8, 4) is 11.5 Å². The molecule has 0 radical (unpaired) electrons. The van der Waals surface area contributed by atoms with Gasteiger partial charge in [-0.3, -0.25) is 0 Å². The Balaban J connectivity index is 2.98. The zero-order chi connectivity index (χ0) is 15.7. The van der Waals surface area contributed by atoms with Crippen LogP contribution in [0, 0.1) is 5.82 Å². The number of rotatable bonds is 10. The van der Waals surface area contributed by atoms with E-state index in [0.29, 0.717) is 17.1 Å². The molecule has 1 unspecified atom stereocenters. The normalized spacial score (nSPS) is 12.2. The van der Waals surface area contributed by atoms with Gasteiger partial charge in [0.15, 0.2) is 11.5 Å². The SMILES string of the molecule is CCCCCC(NCCC)c1cc(OC)c(OC)cc1F. The zero-order valence-corrected chi connectivity index (χ0v) is 13.7. The Hall–Kier alpha value is -1.29. The minimum absolute atomic E-state index is 0.0244. The van der Waals surface area contributed by atoms with Gasteiger partial charge in [-0.2, -0.15) is 0 Å². The summed E-state index contributed by atoms with van der Waals surface area (Å²) in [7, 11) is 3.09. The Morgan fingerprint density at radius 2 is 1.71 bits per heavy atom. The van der Waals surface area contributed by atoms with Crippen molar-refractivity contribution in [2.45, 2.75) is 52.0 Å². The summed E-state index contributed by atoms with van der Waals surface area (Å²) in [4.78, 5) is 0. The Labute approximate surface area is 127 Å². The highest BCUT2D eigenvalue weighted by atomic mass is 19.1. The van der Waals surface area contributed by atoms with E-state index in [-0.39, 0.29) is 11.9 Å². The summed E-state index contributed by atoms with van der Waals surface area (Å²) in [5.41, 5.74) is 0.664. The van der Waals surface area contributed by atoms with Crippen LogP contribution >= 0.6 is 0 Å². The maximum atomic E-state index is 14.4. The maximum absolute atomic E-state index is 14.4. The quantitative estimate of drug-likeness (QED) is 0.647. The van der Waals surface area contributed by atoms with Crippen LogP contribution in [-0.2, 0) is 0 Å². The summed E-state index contributed by atoms with van der Waals surface area (Å²) in [6, 6.07) is 3.19. The highest BCUT2D eigenvalue weighted by molar-refractivity contribution is 5.44. The average Bonchev–Trinajstić information content (AvgIpc) is 2.50. The second-order valence-corrected chi connectivity index (χ2v) is 5.23. The Morgan fingerprint density at radius 3 is 2.29 bits per heavy atom. The number of unbranched alkanes of at least 4 members (excludes halogenated alkanes) is 2. The van der Waals surface area contributed by atoms with Gasteiger partial charge in [0.05, 0.1) is 14.2 Å². The van der Waals surface area contributed by atoms with Crippen LogP contribution in [0.4, 0.5) is 4.39 Å². The van der Waals surface area contributed by atoms with E-state index in [4.69, 9.17) is 9.47 Å². The van der Waals surface area contributed by atoms with Gasteiger partial charge in [-0.15, -0.1) is 0 Å². The Bertz CT molecular complexity index is 423. The van der Waals surface area contributed by atoms with Crippen molar-refractivity contribution in [2.24, 2.45) is 0 Å². The lowest BCUT2D eigenvalue weighted by atomic mass is 9.99. The van der Waals surface area contributed by atoms with Crippen molar-refractivity contribution >= 4 is 0 Å². The van der Waals surface area contributed by atoms with Gasteiger partial charge in [-0.25, -0.2) is 4.39 Å². The number of benzene rings is 1. The highest BCUT2D eigenvalue weighted by Gasteiger charge is 2.18. The van der Waals surface area contributed by atoms with Gasteiger partial charge in [-0.1, -0.05) is 33.1 Å². The third-order valence-corrected chi connectivity index (χ3v) is 3.62. The van der Waals surface area contributed by atoms with Gasteiger partial charge in [-0.05, 0) is 25.5 Å². The van der Waals surface area contributed by atoms with E-state index in [1.165, 1.54) is 19.6 Å². The van der Waals surface area contributed by atoms with Crippen LogP contribution in [-0.4, -0.2) is 20.8 Å². The first-order chi connectivity index (χ1) is 10.2. The molecule has 1 aromatic carbocycles. The molecule has 1 rings (SSSR count).